The standard InChI is InChI=1S/C19H11F4N5O2/c20-15-8-13(30-19(21,22)23)7-6-12(15)10-25-28-18-26-16(11-4-2-1-3-5-11)14(9-24)17(29)27-18/h1-8,10H,(H2,26,27,28,29). The molecule has 0 aliphatic rings. The second-order valence-electron chi connectivity index (χ2n) is 5.72. The van der Waals surface area contributed by atoms with E-state index in [1.165, 1.54) is 0 Å². The van der Waals surface area contributed by atoms with Gasteiger partial charge in [0.2, 0.25) is 5.95 Å². The van der Waals surface area contributed by atoms with Crippen molar-refractivity contribution in [2.75, 3.05) is 5.43 Å². The maximum absolute atomic E-state index is 13.9. The molecule has 0 atom stereocenters. The molecule has 0 saturated heterocycles. The molecule has 2 aromatic carbocycles. The lowest BCUT2D eigenvalue weighted by molar-refractivity contribution is -0.274. The van der Waals surface area contributed by atoms with Gasteiger partial charge in [-0.3, -0.25) is 9.78 Å². The predicted molar refractivity (Wildman–Crippen MR) is 99.3 cm³/mol. The number of nitrogens with zero attached hydrogens (tertiary/aromatic N) is 3. The Balaban J connectivity index is 1.83. The molecule has 152 valence electrons. The first-order chi connectivity index (χ1) is 14.3. The number of nitrogens with one attached hydrogen (secondary N) is 2. The van der Waals surface area contributed by atoms with Gasteiger partial charge in [-0.2, -0.15) is 10.4 Å². The van der Waals surface area contributed by atoms with Crippen molar-refractivity contribution < 1.29 is 22.3 Å². The minimum atomic E-state index is -4.94. The van der Waals surface area contributed by atoms with Crippen LogP contribution in [-0.4, -0.2) is 22.5 Å². The number of benzene rings is 2. The summed E-state index contributed by atoms with van der Waals surface area (Å²) in [4.78, 5) is 18.6. The highest BCUT2D eigenvalue weighted by atomic mass is 19.4. The van der Waals surface area contributed by atoms with Crippen LogP contribution in [-0.2, 0) is 0 Å². The molecule has 0 aliphatic heterocycles. The zero-order chi connectivity index (χ0) is 21.7. The van der Waals surface area contributed by atoms with Gasteiger partial charge in [0, 0.05) is 17.2 Å². The highest BCUT2D eigenvalue weighted by Crippen LogP contribution is 2.24. The number of ether oxygens (including phenoxy) is 1. The van der Waals surface area contributed by atoms with E-state index in [4.69, 9.17) is 0 Å². The molecule has 0 aliphatic carbocycles. The maximum atomic E-state index is 13.9. The van der Waals surface area contributed by atoms with Gasteiger partial charge in [-0.15, -0.1) is 13.2 Å². The average molecular weight is 417 g/mol. The molecule has 0 amide bonds. The van der Waals surface area contributed by atoms with Crippen LogP contribution in [0.1, 0.15) is 11.1 Å². The molecule has 30 heavy (non-hydrogen) atoms. The number of rotatable bonds is 5. The lowest BCUT2D eigenvalue weighted by atomic mass is 10.1. The first-order valence-electron chi connectivity index (χ1n) is 8.21. The number of aromatic nitrogens is 2. The molecule has 1 aromatic heterocycles. The van der Waals surface area contributed by atoms with Gasteiger partial charge in [0.05, 0.1) is 11.9 Å². The van der Waals surface area contributed by atoms with E-state index < -0.39 is 23.5 Å². The Labute approximate surface area is 166 Å². The van der Waals surface area contributed by atoms with Crippen LogP contribution in [0.25, 0.3) is 11.3 Å². The Morgan fingerprint density at radius 2 is 1.93 bits per heavy atom. The molecule has 7 nitrogen and oxygen atoms in total. The zero-order valence-corrected chi connectivity index (χ0v) is 14.9. The van der Waals surface area contributed by atoms with Gasteiger partial charge < -0.3 is 4.74 Å². The van der Waals surface area contributed by atoms with Crippen molar-refractivity contribution in [1.82, 2.24) is 9.97 Å². The fraction of sp³-hybridized carbons (Fsp3) is 0.0526. The van der Waals surface area contributed by atoms with E-state index in [2.05, 4.69) is 25.2 Å². The first-order valence-corrected chi connectivity index (χ1v) is 8.21. The predicted octanol–water partition coefficient (Wildman–Crippen LogP) is 3.79. The number of hydrogen-bond acceptors (Lipinski definition) is 6. The summed E-state index contributed by atoms with van der Waals surface area (Å²) in [6, 6.07) is 12.8. The quantitative estimate of drug-likeness (QED) is 0.374. The molecular formula is C19H11F4N5O2. The Kier molecular flexibility index (Phi) is 5.78. The van der Waals surface area contributed by atoms with Crippen LogP contribution in [0.2, 0.25) is 0 Å². The second kappa shape index (κ2) is 8.44. The molecule has 3 rings (SSSR count). The van der Waals surface area contributed by atoms with Gasteiger partial charge >= 0.3 is 6.36 Å². The monoisotopic (exact) mass is 417 g/mol. The smallest absolute Gasteiger partial charge is 0.406 e. The van der Waals surface area contributed by atoms with Crippen LogP contribution in [0.5, 0.6) is 5.75 Å². The fourth-order valence-corrected chi connectivity index (χ4v) is 2.41. The largest absolute Gasteiger partial charge is 0.573 e. The molecule has 0 fully saturated rings. The number of alkyl halides is 3. The van der Waals surface area contributed by atoms with Crippen LogP contribution in [0.15, 0.2) is 58.4 Å². The number of hydrogen-bond donors (Lipinski definition) is 2. The average Bonchev–Trinajstić information content (AvgIpc) is 2.69. The number of halogens is 4. The maximum Gasteiger partial charge on any atom is 0.573 e. The second-order valence-corrected chi connectivity index (χ2v) is 5.72. The van der Waals surface area contributed by atoms with Crippen molar-refractivity contribution in [3.05, 3.63) is 75.8 Å². The minimum Gasteiger partial charge on any atom is -0.406 e. The molecule has 11 heteroatoms. The van der Waals surface area contributed by atoms with Crippen LogP contribution >= 0.6 is 0 Å². The lowest BCUT2D eigenvalue weighted by Crippen LogP contribution is -2.17. The summed E-state index contributed by atoms with van der Waals surface area (Å²) < 4.78 is 54.1. The highest BCUT2D eigenvalue weighted by molar-refractivity contribution is 5.80. The van der Waals surface area contributed by atoms with E-state index in [9.17, 15) is 27.6 Å². The molecule has 3 aromatic rings. The summed E-state index contributed by atoms with van der Waals surface area (Å²) >= 11 is 0. The van der Waals surface area contributed by atoms with Crippen molar-refractivity contribution in [3.8, 4) is 23.1 Å². The fourth-order valence-electron chi connectivity index (χ4n) is 2.41. The van der Waals surface area contributed by atoms with Crippen LogP contribution in [0, 0.1) is 17.1 Å². The van der Waals surface area contributed by atoms with Crippen molar-refractivity contribution in [1.29, 1.82) is 5.26 Å². The number of aromatic amines is 1. The Morgan fingerprint density at radius 1 is 1.20 bits per heavy atom. The lowest BCUT2D eigenvalue weighted by Gasteiger charge is -2.09. The Bertz CT molecular complexity index is 1180. The summed E-state index contributed by atoms with van der Waals surface area (Å²) in [5, 5.41) is 12.9. The topological polar surface area (TPSA) is 103 Å². The molecule has 0 radical (unpaired) electrons. The zero-order valence-electron chi connectivity index (χ0n) is 14.9. The Morgan fingerprint density at radius 3 is 2.57 bits per heavy atom. The van der Waals surface area contributed by atoms with Crippen molar-refractivity contribution in [2.24, 2.45) is 5.10 Å². The molecule has 0 spiro atoms. The number of hydrazone groups is 1. The molecule has 0 bridgehead atoms. The first kappa shape index (κ1) is 20.5. The van der Waals surface area contributed by atoms with Crippen molar-refractivity contribution in [3.63, 3.8) is 0 Å². The summed E-state index contributed by atoms with van der Waals surface area (Å²) in [5.74, 6) is -1.84. The molecule has 1 heterocycles. The van der Waals surface area contributed by atoms with E-state index in [1.807, 2.05) is 0 Å². The van der Waals surface area contributed by atoms with E-state index >= 15 is 0 Å². The molecule has 2 N–H and O–H groups in total. The molecule has 0 saturated carbocycles. The van der Waals surface area contributed by atoms with Gasteiger partial charge in [0.25, 0.3) is 5.56 Å². The Hall–Kier alpha value is -4.20. The summed E-state index contributed by atoms with van der Waals surface area (Å²) in [5.41, 5.74) is 2.00. The van der Waals surface area contributed by atoms with Crippen molar-refractivity contribution >= 4 is 12.2 Å². The van der Waals surface area contributed by atoms with Crippen LogP contribution in [0.4, 0.5) is 23.5 Å². The third kappa shape index (κ3) is 4.99. The summed E-state index contributed by atoms with van der Waals surface area (Å²) in [7, 11) is 0. The van der Waals surface area contributed by atoms with Gasteiger partial charge in [0.1, 0.15) is 23.2 Å². The summed E-state index contributed by atoms with van der Waals surface area (Å²) in [6.07, 6.45) is -3.96. The van der Waals surface area contributed by atoms with E-state index in [-0.39, 0.29) is 22.8 Å². The summed E-state index contributed by atoms with van der Waals surface area (Å²) in [6.45, 7) is 0. The SMILES string of the molecule is N#Cc1c(-c2ccccc2)nc(NN=Cc2ccc(OC(F)(F)F)cc2F)[nH]c1=O. The third-order valence-corrected chi connectivity index (χ3v) is 3.66. The molecule has 0 unspecified atom stereocenters. The number of H-pyrrole nitrogens is 1. The van der Waals surface area contributed by atoms with Gasteiger partial charge in [-0.05, 0) is 12.1 Å². The van der Waals surface area contributed by atoms with E-state index in [1.54, 1.807) is 36.4 Å². The van der Waals surface area contributed by atoms with Crippen molar-refractivity contribution in [2.45, 2.75) is 6.36 Å². The van der Waals surface area contributed by atoms with Crippen LogP contribution < -0.4 is 15.7 Å². The van der Waals surface area contributed by atoms with Gasteiger partial charge in [0.15, 0.2) is 0 Å². The molecular weight excluding hydrogens is 406 g/mol. The minimum absolute atomic E-state index is 0.119. The van der Waals surface area contributed by atoms with E-state index in [0.717, 1.165) is 18.3 Å². The number of nitriles is 1. The van der Waals surface area contributed by atoms with Gasteiger partial charge in [-0.1, -0.05) is 30.3 Å². The highest BCUT2D eigenvalue weighted by Gasteiger charge is 2.31. The normalized spacial score (nSPS) is 11.3. The van der Waals surface area contributed by atoms with Gasteiger partial charge in [-0.25, -0.2) is 14.8 Å². The third-order valence-electron chi connectivity index (χ3n) is 3.66. The van der Waals surface area contributed by atoms with E-state index in [0.29, 0.717) is 11.6 Å². The number of anilines is 1. The van der Waals surface area contributed by atoms with Crippen LogP contribution in [0.3, 0.4) is 0 Å².